The average Bonchev–Trinajstić information content (AvgIpc) is 2.37. The van der Waals surface area contributed by atoms with Crippen molar-refractivity contribution in [2.75, 3.05) is 6.61 Å². The molecule has 0 atom stereocenters. The highest BCUT2D eigenvalue weighted by atomic mass is 127. The monoisotopic (exact) mass is 338 g/mol. The molecule has 0 aliphatic heterocycles. The van der Waals surface area contributed by atoms with Crippen molar-refractivity contribution in [3.63, 3.8) is 0 Å². The molecule has 0 spiro atoms. The molecule has 1 aromatic heterocycles. The second-order valence-electron chi connectivity index (χ2n) is 4.93. The molecule has 0 saturated carbocycles. The second-order valence-corrected chi connectivity index (χ2v) is 11.7. The molecule has 15 heavy (non-hydrogen) atoms. The number of halogens is 1. The maximum Gasteiger partial charge on any atom is 0.124 e. The maximum atomic E-state index is 5.64. The van der Waals surface area contributed by atoms with Crippen LogP contribution in [0.2, 0.25) is 25.7 Å². The Morgan fingerprint density at radius 1 is 1.47 bits per heavy atom. The highest BCUT2D eigenvalue weighted by Crippen LogP contribution is 2.09. The molecule has 0 aliphatic carbocycles. The van der Waals surface area contributed by atoms with Crippen LogP contribution in [0.1, 0.15) is 5.82 Å². The number of aryl methyl sites for hydroxylation is 1. The van der Waals surface area contributed by atoms with Crippen molar-refractivity contribution >= 4 is 30.7 Å². The lowest BCUT2D eigenvalue weighted by Crippen LogP contribution is -2.22. The number of rotatable bonds is 5. The number of nitrogens with zero attached hydrogens (tertiary/aromatic N) is 2. The standard InChI is InChI=1S/C10H19IN2OSi/c1-9-12-10(11)7-13(9)8-14-5-6-15(2,3)4/h7H,5-6,8H2,1-4H3. The second kappa shape index (κ2) is 5.45. The van der Waals surface area contributed by atoms with Crippen LogP contribution in [-0.2, 0) is 11.5 Å². The summed E-state index contributed by atoms with van der Waals surface area (Å²) in [5.41, 5.74) is 0. The highest BCUT2D eigenvalue weighted by molar-refractivity contribution is 14.1. The Morgan fingerprint density at radius 3 is 2.60 bits per heavy atom. The molecule has 5 heteroatoms. The summed E-state index contributed by atoms with van der Waals surface area (Å²) in [5.74, 6) is 1.02. The van der Waals surface area contributed by atoms with E-state index in [0.717, 1.165) is 16.1 Å². The van der Waals surface area contributed by atoms with Crippen LogP contribution in [0.25, 0.3) is 0 Å². The summed E-state index contributed by atoms with van der Waals surface area (Å²) >= 11 is 2.22. The molecular weight excluding hydrogens is 319 g/mol. The van der Waals surface area contributed by atoms with Gasteiger partial charge in [-0.3, -0.25) is 0 Å². The summed E-state index contributed by atoms with van der Waals surface area (Å²) in [7, 11) is -0.955. The molecule has 3 nitrogen and oxygen atoms in total. The van der Waals surface area contributed by atoms with Gasteiger partial charge >= 0.3 is 0 Å². The quantitative estimate of drug-likeness (QED) is 0.469. The lowest BCUT2D eigenvalue weighted by molar-refractivity contribution is 0.0857. The first kappa shape index (κ1) is 13.2. The van der Waals surface area contributed by atoms with Gasteiger partial charge in [0.1, 0.15) is 16.3 Å². The first-order chi connectivity index (χ1) is 6.88. The lowest BCUT2D eigenvalue weighted by atomic mass is 10.7. The third-order valence-corrected chi connectivity index (χ3v) is 4.40. The van der Waals surface area contributed by atoms with Gasteiger partial charge in [-0.25, -0.2) is 4.98 Å². The van der Waals surface area contributed by atoms with Crippen molar-refractivity contribution in [1.29, 1.82) is 0 Å². The van der Waals surface area contributed by atoms with Gasteiger partial charge in [-0.2, -0.15) is 0 Å². The fraction of sp³-hybridized carbons (Fsp3) is 0.700. The van der Waals surface area contributed by atoms with Crippen LogP contribution in [0.5, 0.6) is 0 Å². The number of hydrogen-bond acceptors (Lipinski definition) is 2. The predicted molar refractivity (Wildman–Crippen MR) is 73.8 cm³/mol. The zero-order valence-electron chi connectivity index (χ0n) is 9.88. The first-order valence-corrected chi connectivity index (χ1v) is 9.94. The van der Waals surface area contributed by atoms with Gasteiger partial charge < -0.3 is 9.30 Å². The zero-order valence-corrected chi connectivity index (χ0v) is 13.0. The number of aromatic nitrogens is 2. The molecular formula is C10H19IN2OSi. The average molecular weight is 338 g/mol. The Bertz CT molecular complexity index is 320. The smallest absolute Gasteiger partial charge is 0.124 e. The number of ether oxygens (including phenoxy) is 1. The summed E-state index contributed by atoms with van der Waals surface area (Å²) in [6, 6.07) is 1.22. The molecule has 0 saturated heterocycles. The van der Waals surface area contributed by atoms with E-state index in [1.807, 2.05) is 17.7 Å². The summed E-state index contributed by atoms with van der Waals surface area (Å²) in [5, 5.41) is 0. The van der Waals surface area contributed by atoms with Gasteiger partial charge in [0.15, 0.2) is 0 Å². The SMILES string of the molecule is Cc1nc(I)cn1COCC[Si](C)(C)C. The lowest BCUT2D eigenvalue weighted by Gasteiger charge is -2.15. The molecule has 1 heterocycles. The molecule has 1 aromatic rings. The molecule has 0 aromatic carbocycles. The van der Waals surface area contributed by atoms with Crippen LogP contribution in [0.3, 0.4) is 0 Å². The summed E-state index contributed by atoms with van der Waals surface area (Å²) in [6.45, 7) is 10.6. The Morgan fingerprint density at radius 2 is 2.13 bits per heavy atom. The molecule has 0 unspecified atom stereocenters. The summed E-state index contributed by atoms with van der Waals surface area (Å²) in [6.07, 6.45) is 2.02. The van der Waals surface area contributed by atoms with Crippen LogP contribution in [0.4, 0.5) is 0 Å². The maximum absolute atomic E-state index is 5.64. The van der Waals surface area contributed by atoms with Gasteiger partial charge in [0, 0.05) is 20.9 Å². The van der Waals surface area contributed by atoms with Crippen LogP contribution in [0.15, 0.2) is 6.20 Å². The minimum Gasteiger partial charge on any atom is -0.361 e. The van der Waals surface area contributed by atoms with Crippen molar-refractivity contribution in [3.8, 4) is 0 Å². The zero-order chi connectivity index (χ0) is 11.5. The van der Waals surface area contributed by atoms with E-state index in [9.17, 15) is 0 Å². The Hall–Kier alpha value is 0.117. The molecule has 86 valence electrons. The molecule has 0 aliphatic rings. The molecule has 0 N–H and O–H groups in total. The molecule has 1 rings (SSSR count). The Balaban J connectivity index is 2.29. The predicted octanol–water partition coefficient (Wildman–Crippen LogP) is 3.11. The van der Waals surface area contributed by atoms with Crippen LogP contribution < -0.4 is 0 Å². The minimum absolute atomic E-state index is 0.631. The summed E-state index contributed by atoms with van der Waals surface area (Å²) in [4.78, 5) is 4.32. The van der Waals surface area contributed by atoms with Crippen molar-refractivity contribution in [2.45, 2.75) is 39.3 Å². The third-order valence-electron chi connectivity index (χ3n) is 2.17. The van der Waals surface area contributed by atoms with Gasteiger partial charge in [-0.1, -0.05) is 19.6 Å². The van der Waals surface area contributed by atoms with E-state index in [4.69, 9.17) is 4.74 Å². The van der Waals surface area contributed by atoms with Crippen molar-refractivity contribution in [1.82, 2.24) is 9.55 Å². The van der Waals surface area contributed by atoms with Crippen LogP contribution in [0, 0.1) is 10.6 Å². The van der Waals surface area contributed by atoms with Gasteiger partial charge in [-0.05, 0) is 35.6 Å². The molecule has 0 radical (unpaired) electrons. The Kier molecular flexibility index (Phi) is 4.79. The molecule has 0 bridgehead atoms. The van der Waals surface area contributed by atoms with E-state index in [0.29, 0.717) is 6.73 Å². The van der Waals surface area contributed by atoms with Crippen LogP contribution >= 0.6 is 22.6 Å². The van der Waals surface area contributed by atoms with E-state index < -0.39 is 8.07 Å². The molecule has 0 amide bonds. The minimum atomic E-state index is -0.955. The van der Waals surface area contributed by atoms with Gasteiger partial charge in [0.25, 0.3) is 0 Å². The number of imidazole rings is 1. The van der Waals surface area contributed by atoms with E-state index in [1.54, 1.807) is 0 Å². The Labute approximate surface area is 106 Å². The number of hydrogen-bond donors (Lipinski definition) is 0. The topological polar surface area (TPSA) is 27.1 Å². The fourth-order valence-corrected chi connectivity index (χ4v) is 2.58. The molecule has 0 fully saturated rings. The van der Waals surface area contributed by atoms with Crippen LogP contribution in [-0.4, -0.2) is 24.2 Å². The van der Waals surface area contributed by atoms with Crippen molar-refractivity contribution in [2.24, 2.45) is 0 Å². The van der Waals surface area contributed by atoms with E-state index in [-0.39, 0.29) is 0 Å². The largest absolute Gasteiger partial charge is 0.361 e. The van der Waals surface area contributed by atoms with E-state index in [2.05, 4.69) is 47.2 Å². The fourth-order valence-electron chi connectivity index (χ4n) is 1.14. The van der Waals surface area contributed by atoms with Gasteiger partial charge in [0.2, 0.25) is 0 Å². The highest BCUT2D eigenvalue weighted by Gasteiger charge is 2.12. The third kappa shape index (κ3) is 5.12. The van der Waals surface area contributed by atoms with E-state index >= 15 is 0 Å². The van der Waals surface area contributed by atoms with E-state index in [1.165, 1.54) is 6.04 Å². The van der Waals surface area contributed by atoms with Crippen molar-refractivity contribution < 1.29 is 4.74 Å². The van der Waals surface area contributed by atoms with Crippen molar-refractivity contribution in [3.05, 3.63) is 15.7 Å². The van der Waals surface area contributed by atoms with Gasteiger partial charge in [0.05, 0.1) is 0 Å². The first-order valence-electron chi connectivity index (χ1n) is 5.15. The normalized spacial score (nSPS) is 12.1. The summed E-state index contributed by atoms with van der Waals surface area (Å²) < 4.78 is 8.72. The van der Waals surface area contributed by atoms with Gasteiger partial charge in [-0.15, -0.1) is 0 Å².